The molecule has 16 heavy (non-hydrogen) atoms. The number of halogens is 2. The van der Waals surface area contributed by atoms with Crippen LogP contribution in [-0.4, -0.2) is 5.78 Å². The number of Topliss-reactive ketones (excluding diaryl/α,β-unsaturated/α-hetero) is 1. The topological polar surface area (TPSA) is 40.9 Å². The van der Waals surface area contributed by atoms with Gasteiger partial charge >= 0.3 is 0 Å². The highest BCUT2D eigenvalue weighted by molar-refractivity contribution is 14.1. The van der Waals surface area contributed by atoms with E-state index in [0.717, 1.165) is 14.5 Å². The summed E-state index contributed by atoms with van der Waals surface area (Å²) in [6.45, 7) is 1.97. The Kier molecular flexibility index (Phi) is 5.42. The Balaban J connectivity index is 3.04. The first-order valence-corrected chi connectivity index (χ1v) is 6.86. The Morgan fingerprint density at radius 2 is 2.31 bits per heavy atom. The van der Waals surface area contributed by atoms with Crippen LogP contribution in [0.25, 0.3) is 0 Å². The molecule has 0 spiro atoms. The van der Waals surface area contributed by atoms with Crippen molar-refractivity contribution in [2.45, 2.75) is 19.8 Å². The van der Waals surface area contributed by atoms with Crippen LogP contribution in [0.2, 0.25) is 0 Å². The van der Waals surface area contributed by atoms with E-state index in [1.165, 1.54) is 0 Å². The first kappa shape index (κ1) is 13.7. The molecule has 84 valence electrons. The maximum atomic E-state index is 12.1. The van der Waals surface area contributed by atoms with Gasteiger partial charge in [-0.3, -0.25) is 4.79 Å². The van der Waals surface area contributed by atoms with E-state index < -0.39 is 5.92 Å². The maximum Gasteiger partial charge on any atom is 0.181 e. The second-order valence-electron chi connectivity index (χ2n) is 3.46. The van der Waals surface area contributed by atoms with Gasteiger partial charge in [0.05, 0.1) is 6.07 Å². The van der Waals surface area contributed by atoms with Crippen LogP contribution in [0.3, 0.4) is 0 Å². The Morgan fingerprint density at radius 3 is 2.88 bits per heavy atom. The molecule has 0 aromatic heterocycles. The van der Waals surface area contributed by atoms with E-state index in [2.05, 4.69) is 44.6 Å². The van der Waals surface area contributed by atoms with Gasteiger partial charge in [0, 0.05) is 13.6 Å². The number of carbonyl (C=O) groups excluding carboxylic acids is 1. The molecule has 1 atom stereocenters. The molecule has 2 nitrogen and oxygen atoms in total. The molecule has 0 aliphatic carbocycles. The highest BCUT2D eigenvalue weighted by Crippen LogP contribution is 2.23. The summed E-state index contributed by atoms with van der Waals surface area (Å²) in [5, 5.41) is 8.96. The lowest BCUT2D eigenvalue weighted by atomic mass is 9.95. The molecule has 0 bridgehead atoms. The smallest absolute Gasteiger partial charge is 0.181 e. The molecule has 1 aromatic rings. The lowest BCUT2D eigenvalue weighted by Crippen LogP contribution is -2.13. The SMILES string of the molecule is CCCC(C#N)C(=O)c1cc(I)ccc1Br. The van der Waals surface area contributed by atoms with Gasteiger partial charge in [0.2, 0.25) is 0 Å². The maximum absolute atomic E-state index is 12.1. The summed E-state index contributed by atoms with van der Waals surface area (Å²) in [5.41, 5.74) is 0.604. The van der Waals surface area contributed by atoms with Crippen molar-refractivity contribution in [3.05, 3.63) is 31.8 Å². The van der Waals surface area contributed by atoms with Crippen LogP contribution in [0.15, 0.2) is 22.7 Å². The number of benzene rings is 1. The summed E-state index contributed by atoms with van der Waals surface area (Å²) >= 11 is 5.50. The van der Waals surface area contributed by atoms with Crippen molar-refractivity contribution in [2.75, 3.05) is 0 Å². The monoisotopic (exact) mass is 391 g/mol. The van der Waals surface area contributed by atoms with E-state index in [9.17, 15) is 4.79 Å². The number of hydrogen-bond donors (Lipinski definition) is 0. The number of carbonyl (C=O) groups is 1. The third-order valence-corrected chi connectivity index (χ3v) is 3.61. The minimum atomic E-state index is -0.528. The minimum Gasteiger partial charge on any atom is -0.293 e. The lowest BCUT2D eigenvalue weighted by molar-refractivity contribution is 0.0943. The van der Waals surface area contributed by atoms with Crippen LogP contribution < -0.4 is 0 Å². The molecule has 0 aliphatic rings. The predicted molar refractivity (Wildman–Crippen MR) is 75.2 cm³/mol. The zero-order valence-corrected chi connectivity index (χ0v) is 12.6. The number of nitrogens with zero attached hydrogens (tertiary/aromatic N) is 1. The van der Waals surface area contributed by atoms with Crippen molar-refractivity contribution in [3.63, 3.8) is 0 Å². The molecular weight excluding hydrogens is 381 g/mol. The molecule has 0 heterocycles. The van der Waals surface area contributed by atoms with Gasteiger partial charge in [0.15, 0.2) is 5.78 Å². The summed E-state index contributed by atoms with van der Waals surface area (Å²) < 4.78 is 1.76. The van der Waals surface area contributed by atoms with Gasteiger partial charge in [-0.1, -0.05) is 29.3 Å². The Hall–Kier alpha value is -0.410. The highest BCUT2D eigenvalue weighted by atomic mass is 127. The van der Waals surface area contributed by atoms with Gasteiger partial charge in [0.25, 0.3) is 0 Å². The van der Waals surface area contributed by atoms with Crippen molar-refractivity contribution < 1.29 is 4.79 Å². The normalized spacial score (nSPS) is 11.9. The quantitative estimate of drug-likeness (QED) is 0.570. The fraction of sp³-hybridized carbons (Fsp3) is 0.333. The zero-order valence-electron chi connectivity index (χ0n) is 8.84. The number of hydrogen-bond acceptors (Lipinski definition) is 2. The average Bonchev–Trinajstić information content (AvgIpc) is 2.28. The van der Waals surface area contributed by atoms with Crippen LogP contribution in [0.1, 0.15) is 30.1 Å². The first-order valence-electron chi connectivity index (χ1n) is 4.99. The van der Waals surface area contributed by atoms with Crippen LogP contribution in [0, 0.1) is 20.8 Å². The largest absolute Gasteiger partial charge is 0.293 e. The third-order valence-electron chi connectivity index (χ3n) is 2.24. The Labute approximate surface area is 117 Å². The molecule has 0 aliphatic heterocycles. The van der Waals surface area contributed by atoms with Gasteiger partial charge in [-0.15, -0.1) is 0 Å². The van der Waals surface area contributed by atoms with Crippen LogP contribution in [0.5, 0.6) is 0 Å². The van der Waals surface area contributed by atoms with E-state index in [4.69, 9.17) is 5.26 Å². The van der Waals surface area contributed by atoms with Crippen LogP contribution in [-0.2, 0) is 0 Å². The minimum absolute atomic E-state index is 0.0882. The third kappa shape index (κ3) is 3.29. The fourth-order valence-corrected chi connectivity index (χ4v) is 2.35. The Bertz CT molecular complexity index is 439. The fourth-order valence-electron chi connectivity index (χ4n) is 1.42. The molecule has 0 amide bonds. The van der Waals surface area contributed by atoms with Gasteiger partial charge in [-0.2, -0.15) is 5.26 Å². The highest BCUT2D eigenvalue weighted by Gasteiger charge is 2.20. The van der Waals surface area contributed by atoms with E-state index in [-0.39, 0.29) is 5.78 Å². The second-order valence-corrected chi connectivity index (χ2v) is 5.56. The van der Waals surface area contributed by atoms with E-state index >= 15 is 0 Å². The van der Waals surface area contributed by atoms with E-state index in [0.29, 0.717) is 12.0 Å². The molecular formula is C12H11BrINO. The number of nitriles is 1. The van der Waals surface area contributed by atoms with Crippen LogP contribution >= 0.6 is 38.5 Å². The van der Waals surface area contributed by atoms with Gasteiger partial charge in [0.1, 0.15) is 5.92 Å². The zero-order chi connectivity index (χ0) is 12.1. The van der Waals surface area contributed by atoms with Crippen molar-refractivity contribution in [3.8, 4) is 6.07 Å². The van der Waals surface area contributed by atoms with E-state index in [1.807, 2.05) is 25.1 Å². The van der Waals surface area contributed by atoms with Crippen molar-refractivity contribution >= 4 is 44.3 Å². The summed E-state index contributed by atoms with van der Waals surface area (Å²) in [6, 6.07) is 7.65. The molecule has 1 aromatic carbocycles. The standard InChI is InChI=1S/C12H11BrINO/c1-2-3-8(7-15)12(16)10-6-9(14)4-5-11(10)13/h4-6,8H,2-3H2,1H3. The average molecular weight is 392 g/mol. The van der Waals surface area contributed by atoms with Gasteiger partial charge < -0.3 is 0 Å². The molecule has 0 saturated carbocycles. The van der Waals surface area contributed by atoms with Crippen LogP contribution in [0.4, 0.5) is 0 Å². The summed E-state index contributed by atoms with van der Waals surface area (Å²) in [6.07, 6.45) is 1.46. The molecule has 0 fully saturated rings. The Morgan fingerprint density at radius 1 is 1.62 bits per heavy atom. The summed E-state index contributed by atoms with van der Waals surface area (Å²) in [5.74, 6) is -0.616. The van der Waals surface area contributed by atoms with Crippen molar-refractivity contribution in [1.29, 1.82) is 5.26 Å². The number of ketones is 1. The molecule has 4 heteroatoms. The predicted octanol–water partition coefficient (Wildman–Crippen LogP) is 4.18. The van der Waals surface area contributed by atoms with Crippen molar-refractivity contribution in [1.82, 2.24) is 0 Å². The first-order chi connectivity index (χ1) is 7.60. The summed E-state index contributed by atoms with van der Waals surface area (Å²) in [4.78, 5) is 12.1. The van der Waals surface area contributed by atoms with Gasteiger partial charge in [-0.25, -0.2) is 0 Å². The van der Waals surface area contributed by atoms with Gasteiger partial charge in [-0.05, 0) is 47.2 Å². The second kappa shape index (κ2) is 6.36. The molecule has 1 unspecified atom stereocenters. The molecule has 0 N–H and O–H groups in total. The van der Waals surface area contributed by atoms with E-state index in [1.54, 1.807) is 0 Å². The number of rotatable bonds is 4. The molecule has 0 radical (unpaired) electrons. The molecule has 1 rings (SSSR count). The lowest BCUT2D eigenvalue weighted by Gasteiger charge is -2.08. The summed E-state index contributed by atoms with van der Waals surface area (Å²) in [7, 11) is 0. The van der Waals surface area contributed by atoms with Crippen molar-refractivity contribution in [2.24, 2.45) is 5.92 Å². The molecule has 0 saturated heterocycles.